The number of pyridine rings is 1. The smallest absolute Gasteiger partial charge is 0.253 e. The number of carbonyl (C=O) groups excluding carboxylic acids is 1. The van der Waals surface area contributed by atoms with Gasteiger partial charge in [0.05, 0.1) is 5.56 Å². The van der Waals surface area contributed by atoms with Crippen LogP contribution < -0.4 is 11.1 Å². The van der Waals surface area contributed by atoms with E-state index in [1.54, 1.807) is 6.20 Å². The largest absolute Gasteiger partial charge is 0.383 e. The highest BCUT2D eigenvalue weighted by Crippen LogP contribution is 2.26. The zero-order valence-corrected chi connectivity index (χ0v) is 12.3. The van der Waals surface area contributed by atoms with Crippen LogP contribution in [0.15, 0.2) is 30.5 Å². The summed E-state index contributed by atoms with van der Waals surface area (Å²) in [6, 6.07) is 7.92. The molecule has 0 saturated heterocycles. The molecule has 1 amide bonds. The van der Waals surface area contributed by atoms with E-state index in [2.05, 4.69) is 17.2 Å². The maximum Gasteiger partial charge on any atom is 0.253 e. The number of nitrogens with one attached hydrogen (secondary N) is 1. The number of hydrogen-bond acceptors (Lipinski definition) is 3. The first-order chi connectivity index (χ1) is 10.2. The molecule has 4 heteroatoms. The van der Waals surface area contributed by atoms with Gasteiger partial charge in [-0.15, -0.1) is 0 Å². The molecule has 1 aliphatic carbocycles. The van der Waals surface area contributed by atoms with Crippen LogP contribution in [0.1, 0.15) is 43.0 Å². The third kappa shape index (κ3) is 2.71. The zero-order valence-electron chi connectivity index (χ0n) is 12.3. The number of benzene rings is 1. The standard InChI is InChI=1S/C17H21N3O/c1-11-6-2-5-9-15(11)20-17(21)14-10-19-16(18)13-8-4-3-7-12(13)14/h3-4,7-8,10-11,15H,2,5-6,9H2,1H3,(H2,18,19)(H,20,21). The second-order valence-electron chi connectivity index (χ2n) is 5.94. The molecule has 3 rings (SSSR count). The molecule has 1 aromatic carbocycles. The Morgan fingerprint density at radius 1 is 1.24 bits per heavy atom. The Hall–Kier alpha value is -2.10. The molecule has 110 valence electrons. The van der Waals surface area contributed by atoms with Gasteiger partial charge in [-0.2, -0.15) is 0 Å². The van der Waals surface area contributed by atoms with Crippen LogP contribution in [-0.2, 0) is 0 Å². The fourth-order valence-corrected chi connectivity index (χ4v) is 3.17. The van der Waals surface area contributed by atoms with Crippen LogP contribution in [0.2, 0.25) is 0 Å². The van der Waals surface area contributed by atoms with Gasteiger partial charge in [-0.05, 0) is 24.1 Å². The minimum atomic E-state index is -0.0440. The van der Waals surface area contributed by atoms with Gasteiger partial charge in [0.2, 0.25) is 0 Å². The van der Waals surface area contributed by atoms with E-state index in [9.17, 15) is 4.79 Å². The zero-order chi connectivity index (χ0) is 14.8. The second-order valence-corrected chi connectivity index (χ2v) is 5.94. The van der Waals surface area contributed by atoms with Gasteiger partial charge in [0, 0.05) is 17.6 Å². The van der Waals surface area contributed by atoms with Crippen molar-refractivity contribution >= 4 is 22.5 Å². The lowest BCUT2D eigenvalue weighted by molar-refractivity contribution is 0.0911. The van der Waals surface area contributed by atoms with Crippen molar-refractivity contribution in [3.05, 3.63) is 36.0 Å². The molecular formula is C17H21N3O. The van der Waals surface area contributed by atoms with E-state index in [4.69, 9.17) is 5.73 Å². The SMILES string of the molecule is CC1CCCCC1NC(=O)c1cnc(N)c2ccccc12. The molecule has 1 saturated carbocycles. The summed E-state index contributed by atoms with van der Waals surface area (Å²) in [5.41, 5.74) is 6.50. The lowest BCUT2D eigenvalue weighted by Crippen LogP contribution is -2.41. The predicted molar refractivity (Wildman–Crippen MR) is 85.0 cm³/mol. The van der Waals surface area contributed by atoms with E-state index < -0.39 is 0 Å². The molecule has 2 atom stereocenters. The summed E-state index contributed by atoms with van der Waals surface area (Å²) < 4.78 is 0. The lowest BCUT2D eigenvalue weighted by atomic mass is 9.86. The van der Waals surface area contributed by atoms with Gasteiger partial charge in [0.1, 0.15) is 5.82 Å². The summed E-state index contributed by atoms with van der Waals surface area (Å²) in [4.78, 5) is 16.7. The third-order valence-corrected chi connectivity index (χ3v) is 4.50. The average Bonchev–Trinajstić information content (AvgIpc) is 2.50. The topological polar surface area (TPSA) is 68.0 Å². The predicted octanol–water partition coefficient (Wildman–Crippen LogP) is 3.13. The Labute approximate surface area is 124 Å². The van der Waals surface area contributed by atoms with Crippen molar-refractivity contribution in [2.24, 2.45) is 5.92 Å². The van der Waals surface area contributed by atoms with Gasteiger partial charge in [-0.3, -0.25) is 4.79 Å². The Balaban J connectivity index is 1.89. The van der Waals surface area contributed by atoms with Crippen LogP contribution in [0.25, 0.3) is 10.8 Å². The second kappa shape index (κ2) is 5.72. The fraction of sp³-hybridized carbons (Fsp3) is 0.412. The number of hydrogen-bond donors (Lipinski definition) is 2. The highest BCUT2D eigenvalue weighted by atomic mass is 16.1. The van der Waals surface area contributed by atoms with Crippen LogP contribution in [0, 0.1) is 5.92 Å². The van der Waals surface area contributed by atoms with Gasteiger partial charge in [-0.1, -0.05) is 44.0 Å². The van der Waals surface area contributed by atoms with E-state index in [1.807, 2.05) is 24.3 Å². The molecule has 0 radical (unpaired) electrons. The summed E-state index contributed by atoms with van der Waals surface area (Å²) in [6.45, 7) is 2.21. The number of anilines is 1. The minimum Gasteiger partial charge on any atom is -0.383 e. The van der Waals surface area contributed by atoms with E-state index in [-0.39, 0.29) is 11.9 Å². The van der Waals surface area contributed by atoms with Crippen molar-refractivity contribution in [1.29, 1.82) is 0 Å². The molecule has 21 heavy (non-hydrogen) atoms. The van der Waals surface area contributed by atoms with Crippen molar-refractivity contribution < 1.29 is 4.79 Å². The first-order valence-corrected chi connectivity index (χ1v) is 7.61. The number of nitrogens with zero attached hydrogens (tertiary/aromatic N) is 1. The number of fused-ring (bicyclic) bond motifs is 1. The highest BCUT2D eigenvalue weighted by Gasteiger charge is 2.24. The van der Waals surface area contributed by atoms with Crippen molar-refractivity contribution in [1.82, 2.24) is 10.3 Å². The quantitative estimate of drug-likeness (QED) is 0.889. The van der Waals surface area contributed by atoms with Crippen LogP contribution in [0.3, 0.4) is 0 Å². The number of aromatic nitrogens is 1. The van der Waals surface area contributed by atoms with E-state index in [0.717, 1.165) is 17.2 Å². The normalized spacial score (nSPS) is 22.1. The van der Waals surface area contributed by atoms with E-state index in [0.29, 0.717) is 17.3 Å². The van der Waals surface area contributed by atoms with Gasteiger partial charge >= 0.3 is 0 Å². The number of nitrogen functional groups attached to an aromatic ring is 1. The fourth-order valence-electron chi connectivity index (χ4n) is 3.17. The maximum atomic E-state index is 12.6. The van der Waals surface area contributed by atoms with Gasteiger partial charge in [0.15, 0.2) is 0 Å². The average molecular weight is 283 g/mol. The molecule has 1 aliphatic rings. The van der Waals surface area contributed by atoms with Gasteiger partial charge < -0.3 is 11.1 Å². The lowest BCUT2D eigenvalue weighted by Gasteiger charge is -2.29. The molecular weight excluding hydrogens is 262 g/mol. The van der Waals surface area contributed by atoms with Crippen LogP contribution in [-0.4, -0.2) is 16.9 Å². The first kappa shape index (κ1) is 13.9. The summed E-state index contributed by atoms with van der Waals surface area (Å²) in [7, 11) is 0. The molecule has 3 N–H and O–H groups in total. The van der Waals surface area contributed by atoms with E-state index >= 15 is 0 Å². The Kier molecular flexibility index (Phi) is 3.78. The van der Waals surface area contributed by atoms with Crippen molar-refractivity contribution in [3.63, 3.8) is 0 Å². The summed E-state index contributed by atoms with van der Waals surface area (Å²) in [5, 5.41) is 4.88. The summed E-state index contributed by atoms with van der Waals surface area (Å²) >= 11 is 0. The molecule has 4 nitrogen and oxygen atoms in total. The number of carbonyl (C=O) groups is 1. The monoisotopic (exact) mass is 283 g/mol. The van der Waals surface area contributed by atoms with Crippen molar-refractivity contribution in [3.8, 4) is 0 Å². The van der Waals surface area contributed by atoms with Crippen LogP contribution in [0.5, 0.6) is 0 Å². The van der Waals surface area contributed by atoms with Crippen molar-refractivity contribution in [2.75, 3.05) is 5.73 Å². The third-order valence-electron chi connectivity index (χ3n) is 4.50. The number of rotatable bonds is 2. The Morgan fingerprint density at radius 2 is 1.95 bits per heavy atom. The molecule has 0 spiro atoms. The Morgan fingerprint density at radius 3 is 2.71 bits per heavy atom. The molecule has 1 aromatic heterocycles. The number of nitrogens with two attached hydrogens (primary N) is 1. The molecule has 0 bridgehead atoms. The minimum absolute atomic E-state index is 0.0440. The first-order valence-electron chi connectivity index (χ1n) is 7.61. The summed E-state index contributed by atoms with van der Waals surface area (Å²) in [5.74, 6) is 0.960. The van der Waals surface area contributed by atoms with Crippen LogP contribution >= 0.6 is 0 Å². The highest BCUT2D eigenvalue weighted by molar-refractivity contribution is 6.09. The molecule has 2 unspecified atom stereocenters. The molecule has 2 aromatic rings. The number of amides is 1. The van der Waals surface area contributed by atoms with E-state index in [1.165, 1.54) is 19.3 Å². The van der Waals surface area contributed by atoms with Crippen LogP contribution in [0.4, 0.5) is 5.82 Å². The molecule has 1 fully saturated rings. The van der Waals surface area contributed by atoms with Gasteiger partial charge in [0.25, 0.3) is 5.91 Å². The Bertz CT molecular complexity index is 668. The van der Waals surface area contributed by atoms with Crippen molar-refractivity contribution in [2.45, 2.75) is 38.6 Å². The molecule has 0 aliphatic heterocycles. The maximum absolute atomic E-state index is 12.6. The summed E-state index contributed by atoms with van der Waals surface area (Å²) in [6.07, 6.45) is 6.29. The van der Waals surface area contributed by atoms with Gasteiger partial charge in [-0.25, -0.2) is 4.98 Å². The molecule has 1 heterocycles.